The number of alkyl halides is 1. The van der Waals surface area contributed by atoms with Crippen molar-refractivity contribution in [2.75, 3.05) is 6.61 Å². The maximum atomic E-state index is 5.92. The molecule has 0 saturated carbocycles. The summed E-state index contributed by atoms with van der Waals surface area (Å²) in [4.78, 5) is 5.85. The number of thiazole rings is 1. The molecule has 2 aromatic rings. The van der Waals surface area contributed by atoms with Gasteiger partial charge in [-0.2, -0.15) is 0 Å². The largest absolute Gasteiger partial charge is 0.371 e. The first-order valence-electron chi connectivity index (χ1n) is 5.97. The van der Waals surface area contributed by atoms with Crippen LogP contribution in [-0.2, 0) is 17.0 Å². The van der Waals surface area contributed by atoms with E-state index in [2.05, 4.69) is 29.4 Å². The number of nitrogens with zero attached hydrogens (tertiary/aromatic N) is 1. The van der Waals surface area contributed by atoms with E-state index in [-0.39, 0.29) is 6.10 Å². The highest BCUT2D eigenvalue weighted by Gasteiger charge is 2.14. The van der Waals surface area contributed by atoms with Crippen LogP contribution < -0.4 is 0 Å². The van der Waals surface area contributed by atoms with Gasteiger partial charge in [0.15, 0.2) is 0 Å². The molecule has 0 aliphatic rings. The van der Waals surface area contributed by atoms with Crippen molar-refractivity contribution in [3.8, 4) is 0 Å². The molecule has 0 aliphatic heterocycles. The predicted molar refractivity (Wildman–Crippen MR) is 78.7 cm³/mol. The molecule has 5 heteroatoms. The number of hydrogen-bond acceptors (Lipinski definition) is 4. The summed E-state index contributed by atoms with van der Waals surface area (Å²) in [7, 11) is 0. The highest BCUT2D eigenvalue weighted by Crippen LogP contribution is 2.25. The normalized spacial score (nSPS) is 12.8. The number of halogens is 1. The molecule has 2 rings (SSSR count). The minimum atomic E-state index is 0.104. The van der Waals surface area contributed by atoms with Crippen LogP contribution >= 0.6 is 34.3 Å². The summed E-state index contributed by atoms with van der Waals surface area (Å²) in [6.45, 7) is 2.87. The summed E-state index contributed by atoms with van der Waals surface area (Å²) in [6, 6.07) is 4.22. The smallest absolute Gasteiger partial charge is 0.122 e. The van der Waals surface area contributed by atoms with Crippen LogP contribution in [0.3, 0.4) is 0 Å². The molecule has 0 saturated heterocycles. The second-order valence-electron chi connectivity index (χ2n) is 3.91. The number of thiophene rings is 1. The fraction of sp³-hybridized carbons (Fsp3) is 0.462. The Hall–Kier alpha value is -0.420. The standard InChI is InChI=1S/C13H16ClNOS2/c1-2-12(13-15-10(8-14)9-18-13)16-6-5-11-4-3-7-17-11/h3-4,7,9,12H,2,5-6,8H2,1H3. The van der Waals surface area contributed by atoms with E-state index in [1.807, 2.05) is 5.38 Å². The average Bonchev–Trinajstić information content (AvgIpc) is 3.05. The zero-order valence-corrected chi connectivity index (χ0v) is 12.7. The molecule has 98 valence electrons. The Kier molecular flexibility index (Phi) is 5.63. The van der Waals surface area contributed by atoms with Gasteiger partial charge in [0.05, 0.1) is 18.2 Å². The van der Waals surface area contributed by atoms with Crippen molar-refractivity contribution in [1.82, 2.24) is 4.98 Å². The van der Waals surface area contributed by atoms with Crippen molar-refractivity contribution in [1.29, 1.82) is 0 Å². The van der Waals surface area contributed by atoms with Gasteiger partial charge in [-0.25, -0.2) is 4.98 Å². The van der Waals surface area contributed by atoms with Crippen LogP contribution in [0.25, 0.3) is 0 Å². The second-order valence-corrected chi connectivity index (χ2v) is 6.10. The molecule has 0 bridgehead atoms. The van der Waals surface area contributed by atoms with Crippen LogP contribution in [0.1, 0.15) is 35.0 Å². The first-order chi connectivity index (χ1) is 8.83. The quantitative estimate of drug-likeness (QED) is 0.694. The van der Waals surface area contributed by atoms with E-state index < -0.39 is 0 Å². The third-order valence-electron chi connectivity index (χ3n) is 2.60. The molecule has 18 heavy (non-hydrogen) atoms. The molecule has 2 aromatic heterocycles. The zero-order valence-electron chi connectivity index (χ0n) is 10.3. The number of ether oxygens (including phenoxy) is 1. The van der Waals surface area contributed by atoms with Gasteiger partial charge < -0.3 is 4.74 Å². The molecule has 1 atom stereocenters. The molecule has 2 heterocycles. The van der Waals surface area contributed by atoms with E-state index in [1.165, 1.54) is 4.88 Å². The van der Waals surface area contributed by atoms with Crippen molar-refractivity contribution in [3.63, 3.8) is 0 Å². The lowest BCUT2D eigenvalue weighted by atomic mass is 10.3. The Morgan fingerprint density at radius 2 is 2.33 bits per heavy atom. The maximum Gasteiger partial charge on any atom is 0.122 e. The van der Waals surface area contributed by atoms with Gasteiger partial charge in [0.25, 0.3) is 0 Å². The molecule has 0 spiro atoms. The summed E-state index contributed by atoms with van der Waals surface area (Å²) in [5.74, 6) is 0.474. The first kappa shape index (κ1) is 14.0. The Balaban J connectivity index is 1.85. The van der Waals surface area contributed by atoms with Crippen LogP contribution in [0, 0.1) is 0 Å². The Bertz CT molecular complexity index is 455. The van der Waals surface area contributed by atoms with Gasteiger partial charge in [-0.15, -0.1) is 34.3 Å². The van der Waals surface area contributed by atoms with Crippen molar-refractivity contribution < 1.29 is 4.74 Å². The molecule has 1 unspecified atom stereocenters. The monoisotopic (exact) mass is 301 g/mol. The fourth-order valence-electron chi connectivity index (χ4n) is 1.65. The first-order valence-corrected chi connectivity index (χ1v) is 8.27. The molecule has 2 nitrogen and oxygen atoms in total. The van der Waals surface area contributed by atoms with E-state index in [0.29, 0.717) is 5.88 Å². The van der Waals surface area contributed by atoms with Crippen molar-refractivity contribution in [2.45, 2.75) is 31.7 Å². The lowest BCUT2D eigenvalue weighted by Crippen LogP contribution is -2.06. The highest BCUT2D eigenvalue weighted by atomic mass is 35.5. The molecule has 0 amide bonds. The molecule has 0 radical (unpaired) electrons. The van der Waals surface area contributed by atoms with Gasteiger partial charge in [-0.3, -0.25) is 0 Å². The van der Waals surface area contributed by atoms with Crippen molar-refractivity contribution >= 4 is 34.3 Å². The predicted octanol–water partition coefficient (Wildman–Crippen LogP) is 4.65. The number of hydrogen-bond donors (Lipinski definition) is 0. The van der Waals surface area contributed by atoms with Gasteiger partial charge in [-0.1, -0.05) is 13.0 Å². The summed E-state index contributed by atoms with van der Waals surface area (Å²) < 4.78 is 5.92. The van der Waals surface area contributed by atoms with Gasteiger partial charge >= 0.3 is 0 Å². The molecular formula is C13H16ClNOS2. The van der Waals surface area contributed by atoms with Crippen molar-refractivity contribution in [3.05, 3.63) is 38.5 Å². The second kappa shape index (κ2) is 7.24. The third-order valence-corrected chi connectivity index (χ3v) is 4.80. The van der Waals surface area contributed by atoms with Crippen LogP contribution in [0.2, 0.25) is 0 Å². The topological polar surface area (TPSA) is 22.1 Å². The lowest BCUT2D eigenvalue weighted by molar-refractivity contribution is 0.0522. The van der Waals surface area contributed by atoms with Gasteiger partial charge in [-0.05, 0) is 17.9 Å². The summed E-state index contributed by atoms with van der Waals surface area (Å²) in [5, 5.41) is 5.15. The van der Waals surface area contributed by atoms with Crippen LogP contribution in [0.4, 0.5) is 0 Å². The van der Waals surface area contributed by atoms with E-state index in [1.54, 1.807) is 22.7 Å². The Morgan fingerprint density at radius 3 is 2.94 bits per heavy atom. The molecule has 0 N–H and O–H groups in total. The summed E-state index contributed by atoms with van der Waals surface area (Å²) >= 11 is 9.18. The van der Waals surface area contributed by atoms with E-state index in [9.17, 15) is 0 Å². The van der Waals surface area contributed by atoms with Gasteiger partial charge in [0.2, 0.25) is 0 Å². The van der Waals surface area contributed by atoms with E-state index >= 15 is 0 Å². The van der Waals surface area contributed by atoms with Gasteiger partial charge in [0.1, 0.15) is 11.1 Å². The summed E-state index contributed by atoms with van der Waals surface area (Å²) in [5.41, 5.74) is 0.942. The minimum Gasteiger partial charge on any atom is -0.371 e. The van der Waals surface area contributed by atoms with Crippen molar-refractivity contribution in [2.24, 2.45) is 0 Å². The Labute approximate surface area is 121 Å². The molecule has 0 aromatic carbocycles. The van der Waals surface area contributed by atoms with Crippen LogP contribution in [-0.4, -0.2) is 11.6 Å². The SMILES string of the molecule is CCC(OCCc1cccs1)c1nc(CCl)cs1. The van der Waals surface area contributed by atoms with Crippen LogP contribution in [0.15, 0.2) is 22.9 Å². The van der Waals surface area contributed by atoms with E-state index in [0.717, 1.165) is 30.2 Å². The summed E-state index contributed by atoms with van der Waals surface area (Å²) in [6.07, 6.45) is 2.02. The Morgan fingerprint density at radius 1 is 1.44 bits per heavy atom. The zero-order chi connectivity index (χ0) is 12.8. The average molecular weight is 302 g/mol. The molecular weight excluding hydrogens is 286 g/mol. The van der Waals surface area contributed by atoms with Crippen LogP contribution in [0.5, 0.6) is 0 Å². The highest BCUT2D eigenvalue weighted by molar-refractivity contribution is 7.10. The minimum absolute atomic E-state index is 0.104. The van der Waals surface area contributed by atoms with Gasteiger partial charge in [0, 0.05) is 16.7 Å². The maximum absolute atomic E-state index is 5.92. The molecule has 0 aliphatic carbocycles. The lowest BCUT2D eigenvalue weighted by Gasteiger charge is -2.13. The number of rotatable bonds is 7. The van der Waals surface area contributed by atoms with E-state index in [4.69, 9.17) is 16.3 Å². The molecule has 0 fully saturated rings. The number of aromatic nitrogens is 1. The fourth-order valence-corrected chi connectivity index (χ4v) is 3.52. The third kappa shape index (κ3) is 3.79.